The third kappa shape index (κ3) is 4.67. The third-order valence-electron chi connectivity index (χ3n) is 4.63. The Labute approximate surface area is 187 Å². The Hall–Kier alpha value is -3.87. The Bertz CT molecular complexity index is 1460. The number of fused-ring (bicyclic) bond motifs is 1. The largest absolute Gasteiger partial charge is 0.319 e. The molecule has 0 saturated carbocycles. The van der Waals surface area contributed by atoms with Crippen molar-refractivity contribution >= 4 is 33.0 Å². The standard InChI is InChI=1S/C20H19F2N7O3S/c1-3-6-33(31,32)27-15-5-4-14(21)18(19(15)22)20(30)25-13-9-23-17-7-16(26-29(17)11-13)12-8-24-28(2)10-12/h4-5,7-11,27H,3,6H2,1-2H3,(H,25,30). The quantitative estimate of drug-likeness (QED) is 0.424. The van der Waals surface area contributed by atoms with Gasteiger partial charge in [0.1, 0.15) is 11.4 Å². The Morgan fingerprint density at radius 2 is 1.97 bits per heavy atom. The van der Waals surface area contributed by atoms with Crippen LogP contribution in [-0.4, -0.2) is 44.5 Å². The zero-order chi connectivity index (χ0) is 23.8. The van der Waals surface area contributed by atoms with E-state index in [1.807, 2.05) is 4.72 Å². The summed E-state index contributed by atoms with van der Waals surface area (Å²) in [5, 5.41) is 10.8. The molecule has 1 amide bonds. The van der Waals surface area contributed by atoms with Crippen LogP contribution in [0.15, 0.2) is 43.0 Å². The van der Waals surface area contributed by atoms with Crippen LogP contribution in [0.3, 0.4) is 0 Å². The van der Waals surface area contributed by atoms with Crippen LogP contribution in [0.5, 0.6) is 0 Å². The fourth-order valence-electron chi connectivity index (χ4n) is 3.16. The number of rotatable bonds is 7. The maximum Gasteiger partial charge on any atom is 0.261 e. The molecule has 2 N–H and O–H groups in total. The predicted octanol–water partition coefficient (Wildman–Crippen LogP) is 2.81. The van der Waals surface area contributed by atoms with Crippen molar-refractivity contribution in [2.45, 2.75) is 13.3 Å². The zero-order valence-electron chi connectivity index (χ0n) is 17.6. The lowest BCUT2D eigenvalue weighted by atomic mass is 10.1. The summed E-state index contributed by atoms with van der Waals surface area (Å²) in [5.41, 5.74) is 0.531. The average molecular weight is 475 g/mol. The van der Waals surface area contributed by atoms with Crippen molar-refractivity contribution in [1.82, 2.24) is 24.4 Å². The lowest BCUT2D eigenvalue weighted by molar-refractivity contribution is 0.101. The number of hydrogen-bond acceptors (Lipinski definition) is 6. The van der Waals surface area contributed by atoms with Crippen molar-refractivity contribution in [2.24, 2.45) is 7.05 Å². The molecule has 13 heteroatoms. The predicted molar refractivity (Wildman–Crippen MR) is 117 cm³/mol. The molecule has 172 valence electrons. The van der Waals surface area contributed by atoms with Crippen molar-refractivity contribution in [2.75, 3.05) is 15.8 Å². The van der Waals surface area contributed by atoms with Gasteiger partial charge in [-0.25, -0.2) is 26.7 Å². The van der Waals surface area contributed by atoms with Gasteiger partial charge in [0.15, 0.2) is 11.5 Å². The number of nitrogens with one attached hydrogen (secondary N) is 2. The second-order valence-corrected chi connectivity index (χ2v) is 9.08. The number of hydrogen-bond donors (Lipinski definition) is 2. The maximum atomic E-state index is 14.8. The Morgan fingerprint density at radius 1 is 1.18 bits per heavy atom. The lowest BCUT2D eigenvalue weighted by Crippen LogP contribution is -2.20. The number of benzene rings is 1. The van der Waals surface area contributed by atoms with Crippen LogP contribution in [0.1, 0.15) is 23.7 Å². The minimum Gasteiger partial charge on any atom is -0.319 e. The number of amides is 1. The van der Waals surface area contributed by atoms with Gasteiger partial charge >= 0.3 is 0 Å². The van der Waals surface area contributed by atoms with Gasteiger partial charge in [0.05, 0.1) is 41.4 Å². The third-order valence-corrected chi connectivity index (χ3v) is 6.10. The molecular weight excluding hydrogens is 456 g/mol. The van der Waals surface area contributed by atoms with E-state index in [1.165, 1.54) is 16.9 Å². The van der Waals surface area contributed by atoms with Gasteiger partial charge in [-0.05, 0) is 18.6 Å². The Morgan fingerprint density at radius 3 is 2.67 bits per heavy atom. The Balaban J connectivity index is 1.60. The van der Waals surface area contributed by atoms with E-state index in [4.69, 9.17) is 0 Å². The molecule has 0 atom stereocenters. The monoisotopic (exact) mass is 475 g/mol. The van der Waals surface area contributed by atoms with E-state index in [1.54, 1.807) is 37.1 Å². The van der Waals surface area contributed by atoms with Gasteiger partial charge in [0, 0.05) is 24.9 Å². The van der Waals surface area contributed by atoms with Crippen molar-refractivity contribution in [3.8, 4) is 11.3 Å². The van der Waals surface area contributed by atoms with Crippen LogP contribution < -0.4 is 10.0 Å². The number of sulfonamides is 1. The Kier molecular flexibility index (Phi) is 5.80. The molecule has 3 aromatic heterocycles. The number of aryl methyl sites for hydroxylation is 1. The van der Waals surface area contributed by atoms with E-state index in [9.17, 15) is 22.0 Å². The summed E-state index contributed by atoms with van der Waals surface area (Å²) in [6, 6.07) is 3.46. The van der Waals surface area contributed by atoms with Gasteiger partial charge in [-0.15, -0.1) is 0 Å². The normalized spacial score (nSPS) is 11.6. The highest BCUT2D eigenvalue weighted by Crippen LogP contribution is 2.24. The smallest absolute Gasteiger partial charge is 0.261 e. The van der Waals surface area contributed by atoms with Crippen molar-refractivity contribution in [3.05, 3.63) is 60.2 Å². The molecule has 0 radical (unpaired) electrons. The average Bonchev–Trinajstić information content (AvgIpc) is 3.36. The van der Waals surface area contributed by atoms with E-state index in [0.717, 1.165) is 17.7 Å². The molecule has 0 bridgehead atoms. The zero-order valence-corrected chi connectivity index (χ0v) is 18.4. The molecule has 0 unspecified atom stereocenters. The highest BCUT2D eigenvalue weighted by Gasteiger charge is 2.23. The van der Waals surface area contributed by atoms with E-state index in [2.05, 4.69) is 20.5 Å². The number of halogens is 2. The number of carbonyl (C=O) groups excluding carboxylic acids is 1. The van der Waals surface area contributed by atoms with E-state index in [-0.39, 0.29) is 11.4 Å². The summed E-state index contributed by atoms with van der Waals surface area (Å²) >= 11 is 0. The number of nitrogens with zero attached hydrogens (tertiary/aromatic N) is 5. The minimum atomic E-state index is -3.84. The summed E-state index contributed by atoms with van der Waals surface area (Å²) in [6.07, 6.45) is 6.46. The molecule has 0 aliphatic heterocycles. The second kappa shape index (κ2) is 8.58. The lowest BCUT2D eigenvalue weighted by Gasteiger charge is -2.12. The molecule has 1 aromatic carbocycles. The summed E-state index contributed by atoms with van der Waals surface area (Å²) in [7, 11) is -2.07. The summed E-state index contributed by atoms with van der Waals surface area (Å²) < 4.78 is 58.1. The van der Waals surface area contributed by atoms with E-state index in [0.29, 0.717) is 17.8 Å². The van der Waals surface area contributed by atoms with Crippen LogP contribution in [0.2, 0.25) is 0 Å². The molecule has 0 fully saturated rings. The molecule has 4 rings (SSSR count). The highest BCUT2D eigenvalue weighted by atomic mass is 32.2. The van der Waals surface area contributed by atoms with Crippen LogP contribution in [-0.2, 0) is 17.1 Å². The molecule has 10 nitrogen and oxygen atoms in total. The summed E-state index contributed by atoms with van der Waals surface area (Å²) in [6.45, 7) is 1.64. The molecule has 0 aliphatic rings. The fraction of sp³-hybridized carbons (Fsp3) is 0.200. The topological polar surface area (TPSA) is 123 Å². The first-order chi connectivity index (χ1) is 15.7. The first kappa shape index (κ1) is 22.3. The number of aromatic nitrogens is 5. The first-order valence-electron chi connectivity index (χ1n) is 9.81. The van der Waals surface area contributed by atoms with E-state index >= 15 is 0 Å². The van der Waals surface area contributed by atoms with Crippen LogP contribution >= 0.6 is 0 Å². The molecule has 0 saturated heterocycles. The van der Waals surface area contributed by atoms with Gasteiger partial charge in [-0.2, -0.15) is 10.2 Å². The second-order valence-electron chi connectivity index (χ2n) is 7.24. The van der Waals surface area contributed by atoms with Gasteiger partial charge in [-0.3, -0.25) is 14.2 Å². The highest BCUT2D eigenvalue weighted by molar-refractivity contribution is 7.92. The molecule has 0 aliphatic carbocycles. The van der Waals surface area contributed by atoms with Crippen LogP contribution in [0.4, 0.5) is 20.2 Å². The van der Waals surface area contributed by atoms with Gasteiger partial charge in [0.25, 0.3) is 5.91 Å². The van der Waals surface area contributed by atoms with E-state index < -0.39 is 38.8 Å². The fourth-order valence-corrected chi connectivity index (χ4v) is 4.29. The SMILES string of the molecule is CCCS(=O)(=O)Nc1ccc(F)c(C(=O)Nc2cnc3cc(-c4cnn(C)c4)nn3c2)c1F. The summed E-state index contributed by atoms with van der Waals surface area (Å²) in [4.78, 5) is 16.8. The molecular formula is C20H19F2N7O3S. The molecule has 4 aromatic rings. The molecule has 3 heterocycles. The minimum absolute atomic E-state index is 0.129. The molecule has 33 heavy (non-hydrogen) atoms. The summed E-state index contributed by atoms with van der Waals surface area (Å²) in [5.74, 6) is -3.82. The van der Waals surface area contributed by atoms with Crippen molar-refractivity contribution in [1.29, 1.82) is 0 Å². The molecule has 0 spiro atoms. The number of carbonyl (C=O) groups is 1. The van der Waals surface area contributed by atoms with Crippen LogP contribution in [0, 0.1) is 11.6 Å². The van der Waals surface area contributed by atoms with Gasteiger partial charge in [0.2, 0.25) is 10.0 Å². The van der Waals surface area contributed by atoms with Gasteiger partial charge in [-0.1, -0.05) is 6.92 Å². The number of anilines is 2. The van der Waals surface area contributed by atoms with Gasteiger partial charge < -0.3 is 5.32 Å². The van der Waals surface area contributed by atoms with Crippen LogP contribution in [0.25, 0.3) is 16.9 Å². The first-order valence-corrected chi connectivity index (χ1v) is 11.5. The maximum absolute atomic E-state index is 14.8. The van der Waals surface area contributed by atoms with Crippen molar-refractivity contribution < 1.29 is 22.0 Å². The van der Waals surface area contributed by atoms with Crippen molar-refractivity contribution in [3.63, 3.8) is 0 Å².